The van der Waals surface area contributed by atoms with Gasteiger partial charge in [-0.25, -0.2) is 9.18 Å². The Bertz CT molecular complexity index is 1700. The van der Waals surface area contributed by atoms with Crippen LogP contribution >= 0.6 is 11.3 Å². The van der Waals surface area contributed by atoms with E-state index in [1.54, 1.807) is 20.9 Å². The number of fused-ring (bicyclic) bond motifs is 1. The van der Waals surface area contributed by atoms with Crippen LogP contribution in [0.1, 0.15) is 30.6 Å². The number of rotatable bonds is 9. The maximum absolute atomic E-state index is 14.4. The van der Waals surface area contributed by atoms with Gasteiger partial charge in [-0.05, 0) is 32.0 Å². The molecule has 0 aliphatic carbocycles. The van der Waals surface area contributed by atoms with Crippen molar-refractivity contribution < 1.29 is 23.8 Å². The van der Waals surface area contributed by atoms with Crippen molar-refractivity contribution >= 4 is 27.5 Å². The molecule has 40 heavy (non-hydrogen) atoms. The van der Waals surface area contributed by atoms with Gasteiger partial charge in [-0.1, -0.05) is 11.3 Å². The van der Waals surface area contributed by atoms with Crippen molar-refractivity contribution in [3.63, 3.8) is 0 Å². The highest BCUT2D eigenvalue weighted by Gasteiger charge is 2.42. The van der Waals surface area contributed by atoms with E-state index < -0.39 is 28.7 Å². The van der Waals surface area contributed by atoms with Gasteiger partial charge in [0.15, 0.2) is 0 Å². The van der Waals surface area contributed by atoms with Gasteiger partial charge in [0, 0.05) is 24.7 Å². The average Bonchev–Trinajstić information content (AvgIpc) is 3.62. The van der Waals surface area contributed by atoms with E-state index >= 15 is 0 Å². The number of aromatic nitrogens is 5. The highest BCUT2D eigenvalue weighted by molar-refractivity contribution is 7.21. The lowest BCUT2D eigenvalue weighted by Crippen LogP contribution is -2.51. The second-order valence-electron chi connectivity index (χ2n) is 9.96. The lowest BCUT2D eigenvalue weighted by molar-refractivity contribution is -0.126. The number of likely N-dealkylation sites (tertiary alicyclic amines) is 1. The number of likely N-dealkylation sites (N-methyl/N-ethyl adjacent to an activating group) is 1. The molecule has 14 heteroatoms. The predicted octanol–water partition coefficient (Wildman–Crippen LogP) is 1.59. The van der Waals surface area contributed by atoms with E-state index in [-0.39, 0.29) is 44.0 Å². The molecule has 1 aliphatic rings. The van der Waals surface area contributed by atoms with E-state index in [9.17, 15) is 23.9 Å². The third-order valence-electron chi connectivity index (χ3n) is 7.16. The number of hydrogen-bond donors (Lipinski definition) is 1. The van der Waals surface area contributed by atoms with Crippen molar-refractivity contribution in [3.05, 3.63) is 68.4 Å². The highest BCUT2D eigenvalue weighted by Crippen LogP contribution is 2.35. The Balaban J connectivity index is 1.79. The summed E-state index contributed by atoms with van der Waals surface area (Å²) in [6, 6.07) is 3.96. The van der Waals surface area contributed by atoms with Crippen LogP contribution in [-0.2, 0) is 21.6 Å². The zero-order chi connectivity index (χ0) is 28.8. The third-order valence-corrected chi connectivity index (χ3v) is 8.44. The normalized spacial score (nSPS) is 18.1. The van der Waals surface area contributed by atoms with Crippen molar-refractivity contribution in [2.75, 3.05) is 33.9 Å². The van der Waals surface area contributed by atoms with E-state index in [4.69, 9.17) is 9.47 Å². The van der Waals surface area contributed by atoms with Crippen LogP contribution in [0, 0.1) is 12.7 Å². The maximum atomic E-state index is 14.4. The Labute approximate surface area is 231 Å². The van der Waals surface area contributed by atoms with Crippen LogP contribution in [0.15, 0.2) is 40.2 Å². The molecule has 4 aromatic rings. The summed E-state index contributed by atoms with van der Waals surface area (Å²) >= 11 is 1.16. The van der Waals surface area contributed by atoms with Crippen LogP contribution in [0.4, 0.5) is 4.39 Å². The molecule has 1 amide bonds. The van der Waals surface area contributed by atoms with E-state index in [0.29, 0.717) is 26.7 Å². The summed E-state index contributed by atoms with van der Waals surface area (Å²) in [6.07, 6.45) is 2.05. The number of halogens is 1. The van der Waals surface area contributed by atoms with Crippen LogP contribution in [0.3, 0.4) is 0 Å². The van der Waals surface area contributed by atoms with Crippen molar-refractivity contribution in [2.45, 2.75) is 38.5 Å². The number of thiophene rings is 1. The number of ether oxygens (including phenoxy) is 2. The van der Waals surface area contributed by atoms with Gasteiger partial charge in [0.05, 0.1) is 56.6 Å². The molecule has 1 fully saturated rings. The Kier molecular flexibility index (Phi) is 7.33. The molecule has 0 saturated carbocycles. The van der Waals surface area contributed by atoms with Gasteiger partial charge in [-0.3, -0.25) is 18.7 Å². The Morgan fingerprint density at radius 2 is 1.95 bits per heavy atom. The number of amides is 1. The summed E-state index contributed by atoms with van der Waals surface area (Å²) in [7, 11) is 3.06. The smallest absolute Gasteiger partial charge is 0.332 e. The van der Waals surface area contributed by atoms with Crippen molar-refractivity contribution in [1.29, 1.82) is 0 Å². The minimum atomic E-state index is -1.10. The molecule has 1 aromatic carbocycles. The average molecular weight is 573 g/mol. The number of methoxy groups -OCH3 is 1. The number of aliphatic hydroxyl groups excluding tert-OH is 1. The standard InChI is InChI=1S/C26H29FN6O6S/c1-15-21-22(36)32(26(2)12-20(35)30(3)14-26)25(37)31(24(21)40-23(15)33-28-7-8-29-33)13-19(39-10-9-34)17-11-16(27)5-6-18(17)38-4/h5-8,11,19,34H,9-10,12-14H2,1-4H3/t19?,26-/m0/s1. The minimum Gasteiger partial charge on any atom is -0.496 e. The molecule has 1 N–H and O–H groups in total. The third kappa shape index (κ3) is 4.61. The quantitative estimate of drug-likeness (QED) is 0.320. The Hall–Kier alpha value is -3.88. The first kappa shape index (κ1) is 27.7. The summed E-state index contributed by atoms with van der Waals surface area (Å²) in [5, 5.41) is 18.7. The van der Waals surface area contributed by atoms with Crippen LogP contribution in [0.25, 0.3) is 15.2 Å². The molecule has 1 saturated heterocycles. The molecular formula is C26H29FN6O6S. The van der Waals surface area contributed by atoms with E-state index in [0.717, 1.165) is 15.9 Å². The lowest BCUT2D eigenvalue weighted by Gasteiger charge is -2.27. The number of carbonyl (C=O) groups excluding carboxylic acids is 1. The van der Waals surface area contributed by atoms with Crippen molar-refractivity contribution in [1.82, 2.24) is 29.0 Å². The predicted molar refractivity (Wildman–Crippen MR) is 145 cm³/mol. The van der Waals surface area contributed by atoms with Crippen molar-refractivity contribution in [2.24, 2.45) is 0 Å². The second kappa shape index (κ2) is 10.6. The number of nitrogens with zero attached hydrogens (tertiary/aromatic N) is 6. The SMILES string of the molecule is COc1ccc(F)cc1C(Cn1c(=O)n([C@@]2(C)CC(=O)N(C)C2)c(=O)c2c(C)c(-n3nccn3)sc21)OCCO. The molecule has 1 unspecified atom stereocenters. The first-order valence-corrected chi connectivity index (χ1v) is 13.4. The molecule has 0 bridgehead atoms. The van der Waals surface area contributed by atoms with Gasteiger partial charge in [0.2, 0.25) is 5.91 Å². The number of benzene rings is 1. The summed E-state index contributed by atoms with van der Waals surface area (Å²) < 4.78 is 28.3. The monoisotopic (exact) mass is 572 g/mol. The fourth-order valence-corrected chi connectivity index (χ4v) is 6.53. The van der Waals surface area contributed by atoms with Crippen LogP contribution < -0.4 is 16.0 Å². The van der Waals surface area contributed by atoms with Crippen molar-refractivity contribution in [3.8, 4) is 10.8 Å². The van der Waals surface area contributed by atoms with Gasteiger partial charge in [-0.2, -0.15) is 10.2 Å². The van der Waals surface area contributed by atoms with E-state index in [1.807, 2.05) is 0 Å². The van der Waals surface area contributed by atoms with E-state index in [1.165, 1.54) is 52.0 Å². The van der Waals surface area contributed by atoms with Crippen LogP contribution in [-0.4, -0.2) is 74.0 Å². The molecule has 1 aliphatic heterocycles. The summed E-state index contributed by atoms with van der Waals surface area (Å²) in [5.74, 6) is -0.381. The van der Waals surface area contributed by atoms with Crippen LogP contribution in [0.5, 0.6) is 5.75 Å². The maximum Gasteiger partial charge on any atom is 0.332 e. The summed E-state index contributed by atoms with van der Waals surface area (Å²) in [5.41, 5.74) is -1.37. The number of aryl methyl sites for hydroxylation is 1. The Morgan fingerprint density at radius 1 is 1.23 bits per heavy atom. The molecular weight excluding hydrogens is 543 g/mol. The first-order chi connectivity index (χ1) is 19.1. The van der Waals surface area contributed by atoms with Gasteiger partial charge >= 0.3 is 5.69 Å². The van der Waals surface area contributed by atoms with Gasteiger partial charge in [0.25, 0.3) is 5.56 Å². The summed E-state index contributed by atoms with van der Waals surface area (Å²) in [4.78, 5) is 44.0. The molecule has 212 valence electrons. The number of carbonyl (C=O) groups is 1. The number of aliphatic hydroxyl groups is 1. The zero-order valence-electron chi connectivity index (χ0n) is 22.5. The minimum absolute atomic E-state index is 0.0247. The summed E-state index contributed by atoms with van der Waals surface area (Å²) in [6.45, 7) is 3.09. The lowest BCUT2D eigenvalue weighted by atomic mass is 10.0. The first-order valence-electron chi connectivity index (χ1n) is 12.6. The topological polar surface area (TPSA) is 134 Å². The molecule has 4 heterocycles. The zero-order valence-corrected chi connectivity index (χ0v) is 23.3. The molecule has 5 rings (SSSR count). The second-order valence-corrected chi connectivity index (χ2v) is 10.9. The van der Waals surface area contributed by atoms with Crippen LogP contribution in [0.2, 0.25) is 0 Å². The van der Waals surface area contributed by atoms with E-state index in [2.05, 4.69) is 10.2 Å². The number of hydrogen-bond acceptors (Lipinski definition) is 9. The Morgan fingerprint density at radius 3 is 2.58 bits per heavy atom. The fraction of sp³-hybridized carbons (Fsp3) is 0.423. The molecule has 0 spiro atoms. The largest absolute Gasteiger partial charge is 0.496 e. The molecule has 0 radical (unpaired) electrons. The molecule has 3 aromatic heterocycles. The molecule has 12 nitrogen and oxygen atoms in total. The molecule has 2 atom stereocenters. The van der Waals surface area contributed by atoms with Gasteiger partial charge < -0.3 is 19.5 Å². The fourth-order valence-electron chi connectivity index (χ4n) is 5.31. The highest BCUT2D eigenvalue weighted by atomic mass is 32.1. The van der Waals surface area contributed by atoms with Gasteiger partial charge in [-0.15, -0.1) is 4.80 Å². The van der Waals surface area contributed by atoms with Gasteiger partial charge in [0.1, 0.15) is 27.5 Å².